The van der Waals surface area contributed by atoms with Gasteiger partial charge in [-0.2, -0.15) is 5.10 Å². The highest BCUT2D eigenvalue weighted by molar-refractivity contribution is 5.93. The van der Waals surface area contributed by atoms with Gasteiger partial charge in [-0.3, -0.25) is 19.4 Å². The van der Waals surface area contributed by atoms with Crippen LogP contribution in [0.3, 0.4) is 0 Å². The molecule has 3 N–H and O–H groups in total. The van der Waals surface area contributed by atoms with Crippen molar-refractivity contribution in [2.24, 2.45) is 0 Å². The van der Waals surface area contributed by atoms with Crippen LogP contribution in [-0.4, -0.2) is 25.7 Å². The van der Waals surface area contributed by atoms with E-state index in [9.17, 15) is 19.2 Å². The van der Waals surface area contributed by atoms with Crippen molar-refractivity contribution >= 4 is 11.6 Å². The molecule has 1 aliphatic carbocycles. The number of H-pyrrole nitrogens is 2. The molecule has 2 aromatic heterocycles. The van der Waals surface area contributed by atoms with Crippen molar-refractivity contribution in [2.45, 2.75) is 31.7 Å². The second kappa shape index (κ2) is 5.67. The number of hydrogen-bond donors (Lipinski definition) is 3. The Balaban J connectivity index is 1.84. The van der Waals surface area contributed by atoms with Crippen LogP contribution in [0.15, 0.2) is 32.7 Å². The van der Waals surface area contributed by atoms with Crippen LogP contribution < -0.4 is 22.1 Å². The summed E-state index contributed by atoms with van der Waals surface area (Å²) in [5.41, 5.74) is -1.11. The molecule has 0 saturated heterocycles. The van der Waals surface area contributed by atoms with Gasteiger partial charge < -0.3 is 10.3 Å². The molecule has 0 aromatic carbocycles. The first kappa shape index (κ1) is 14.9. The topological polar surface area (TPSA) is 130 Å². The van der Waals surface area contributed by atoms with E-state index in [-0.39, 0.29) is 5.69 Å². The quantitative estimate of drug-likeness (QED) is 0.712. The van der Waals surface area contributed by atoms with Crippen molar-refractivity contribution in [3.63, 3.8) is 0 Å². The molecule has 0 spiro atoms. The first-order chi connectivity index (χ1) is 11.0. The van der Waals surface area contributed by atoms with Crippen molar-refractivity contribution in [1.29, 1.82) is 0 Å². The maximum Gasteiger partial charge on any atom is 0.325 e. The van der Waals surface area contributed by atoms with Gasteiger partial charge in [-0.05, 0) is 25.8 Å². The van der Waals surface area contributed by atoms with Crippen molar-refractivity contribution < 1.29 is 4.79 Å². The molecule has 1 saturated carbocycles. The van der Waals surface area contributed by atoms with Gasteiger partial charge in [0.1, 0.15) is 11.7 Å². The standard InChI is InChI=1S/C14H15N5O4/c1-7(12(21)16-10-6-15-14(23)17-13(10)22)19-11(20)5-4-9(18-19)8-2-3-8/h4-8H,2-3H2,1H3,(H,16,21)(H2,15,17,22,23). The van der Waals surface area contributed by atoms with Gasteiger partial charge in [0.15, 0.2) is 0 Å². The molecule has 1 atom stereocenters. The van der Waals surface area contributed by atoms with E-state index in [4.69, 9.17) is 0 Å². The number of carbonyl (C=O) groups is 1. The third-order valence-corrected chi connectivity index (χ3v) is 3.66. The summed E-state index contributed by atoms with van der Waals surface area (Å²) in [6.07, 6.45) is 3.15. The number of carbonyl (C=O) groups excluding carboxylic acids is 1. The number of rotatable bonds is 4. The van der Waals surface area contributed by atoms with Crippen molar-refractivity contribution in [3.8, 4) is 0 Å². The second-order valence-electron chi connectivity index (χ2n) is 5.47. The number of aromatic amines is 2. The minimum atomic E-state index is -0.896. The van der Waals surface area contributed by atoms with E-state index in [0.717, 1.165) is 29.4 Å². The molecule has 9 nitrogen and oxygen atoms in total. The molecule has 23 heavy (non-hydrogen) atoms. The van der Waals surface area contributed by atoms with Crippen LogP contribution in [0.25, 0.3) is 0 Å². The lowest BCUT2D eigenvalue weighted by Gasteiger charge is -2.14. The molecule has 2 heterocycles. The Hall–Kier alpha value is -2.97. The summed E-state index contributed by atoms with van der Waals surface area (Å²) in [7, 11) is 0. The largest absolute Gasteiger partial charge is 0.325 e. The Labute approximate surface area is 129 Å². The Morgan fingerprint density at radius 3 is 2.74 bits per heavy atom. The molecule has 1 fully saturated rings. The molecule has 1 amide bonds. The van der Waals surface area contributed by atoms with Gasteiger partial charge in [0.05, 0.1) is 5.69 Å². The highest BCUT2D eigenvalue weighted by atomic mass is 16.2. The second-order valence-corrected chi connectivity index (χ2v) is 5.47. The number of aromatic nitrogens is 4. The summed E-state index contributed by atoms with van der Waals surface area (Å²) in [4.78, 5) is 51.0. The van der Waals surface area contributed by atoms with E-state index in [0.29, 0.717) is 5.92 Å². The third-order valence-electron chi connectivity index (χ3n) is 3.66. The lowest BCUT2D eigenvalue weighted by molar-refractivity contribution is -0.119. The van der Waals surface area contributed by atoms with Crippen LogP contribution in [0.2, 0.25) is 0 Å². The van der Waals surface area contributed by atoms with Crippen molar-refractivity contribution in [2.75, 3.05) is 5.32 Å². The SMILES string of the molecule is CC(C(=O)Nc1c[nH]c(=O)[nH]c1=O)n1nc(C2CC2)ccc1=O. The van der Waals surface area contributed by atoms with Crippen LogP contribution in [0.1, 0.15) is 37.4 Å². The van der Waals surface area contributed by atoms with E-state index in [2.05, 4.69) is 15.4 Å². The van der Waals surface area contributed by atoms with Crippen LogP contribution in [0.5, 0.6) is 0 Å². The normalized spacial score (nSPS) is 15.2. The lowest BCUT2D eigenvalue weighted by atomic mass is 10.2. The lowest BCUT2D eigenvalue weighted by Crippen LogP contribution is -2.35. The molecule has 0 bridgehead atoms. The van der Waals surface area contributed by atoms with Gasteiger partial charge in [0, 0.05) is 18.2 Å². The molecule has 120 valence electrons. The van der Waals surface area contributed by atoms with Crippen molar-refractivity contribution in [3.05, 3.63) is 55.2 Å². The fourth-order valence-electron chi connectivity index (χ4n) is 2.17. The average Bonchev–Trinajstić information content (AvgIpc) is 3.34. The molecule has 3 rings (SSSR count). The summed E-state index contributed by atoms with van der Waals surface area (Å²) in [6.45, 7) is 1.51. The molecule has 0 aliphatic heterocycles. The predicted molar refractivity (Wildman–Crippen MR) is 81.5 cm³/mol. The van der Waals surface area contributed by atoms with E-state index >= 15 is 0 Å². The highest BCUT2D eigenvalue weighted by Gasteiger charge is 2.27. The Morgan fingerprint density at radius 1 is 1.35 bits per heavy atom. The van der Waals surface area contributed by atoms with E-state index < -0.39 is 28.8 Å². The molecule has 1 unspecified atom stereocenters. The van der Waals surface area contributed by atoms with Crippen LogP contribution in [-0.2, 0) is 4.79 Å². The molecular formula is C14H15N5O4. The minimum absolute atomic E-state index is 0.104. The number of nitrogens with one attached hydrogen (secondary N) is 3. The number of nitrogens with zero attached hydrogens (tertiary/aromatic N) is 2. The summed E-state index contributed by atoms with van der Waals surface area (Å²) < 4.78 is 1.10. The van der Waals surface area contributed by atoms with Gasteiger partial charge in [-0.25, -0.2) is 9.48 Å². The summed E-state index contributed by atoms with van der Waals surface area (Å²) in [5.74, 6) is -0.232. The highest BCUT2D eigenvalue weighted by Crippen LogP contribution is 2.38. The number of hydrogen-bond acceptors (Lipinski definition) is 5. The summed E-state index contributed by atoms with van der Waals surface area (Å²) in [5, 5.41) is 6.61. The smallest absolute Gasteiger partial charge is 0.318 e. The number of anilines is 1. The zero-order valence-electron chi connectivity index (χ0n) is 12.3. The third kappa shape index (κ3) is 3.12. The molecular weight excluding hydrogens is 302 g/mol. The Bertz CT molecular complexity index is 921. The first-order valence-electron chi connectivity index (χ1n) is 7.18. The Kier molecular flexibility index (Phi) is 3.68. The monoisotopic (exact) mass is 317 g/mol. The maximum atomic E-state index is 12.2. The zero-order chi connectivity index (χ0) is 16.6. The fourth-order valence-corrected chi connectivity index (χ4v) is 2.17. The number of amides is 1. The molecule has 1 aliphatic rings. The van der Waals surface area contributed by atoms with Gasteiger partial charge in [0.2, 0.25) is 5.91 Å². The van der Waals surface area contributed by atoms with Crippen LogP contribution in [0.4, 0.5) is 5.69 Å². The molecule has 9 heteroatoms. The predicted octanol–water partition coefficient (Wildman–Crippen LogP) is -0.303. The zero-order valence-corrected chi connectivity index (χ0v) is 12.3. The summed E-state index contributed by atoms with van der Waals surface area (Å²) in [6, 6.07) is 2.16. The average molecular weight is 317 g/mol. The van der Waals surface area contributed by atoms with E-state index in [1.165, 1.54) is 13.0 Å². The van der Waals surface area contributed by atoms with Gasteiger partial charge >= 0.3 is 5.69 Å². The van der Waals surface area contributed by atoms with Gasteiger partial charge in [-0.15, -0.1) is 0 Å². The first-order valence-corrected chi connectivity index (χ1v) is 7.18. The maximum absolute atomic E-state index is 12.2. The van der Waals surface area contributed by atoms with Crippen LogP contribution >= 0.6 is 0 Å². The van der Waals surface area contributed by atoms with E-state index in [1.807, 2.05) is 4.98 Å². The van der Waals surface area contributed by atoms with Crippen molar-refractivity contribution in [1.82, 2.24) is 19.7 Å². The van der Waals surface area contributed by atoms with Crippen LogP contribution in [0, 0.1) is 0 Å². The Morgan fingerprint density at radius 2 is 2.09 bits per heavy atom. The fraction of sp³-hybridized carbons (Fsp3) is 0.357. The minimum Gasteiger partial charge on any atom is -0.318 e. The van der Waals surface area contributed by atoms with Gasteiger partial charge in [0.25, 0.3) is 11.1 Å². The molecule has 2 aromatic rings. The summed E-state index contributed by atoms with van der Waals surface area (Å²) >= 11 is 0. The van der Waals surface area contributed by atoms with E-state index in [1.54, 1.807) is 6.07 Å². The van der Waals surface area contributed by atoms with Gasteiger partial charge in [-0.1, -0.05) is 0 Å². The molecule has 0 radical (unpaired) electrons.